The van der Waals surface area contributed by atoms with Crippen molar-refractivity contribution in [2.24, 2.45) is 5.73 Å². The second-order valence-electron chi connectivity index (χ2n) is 5.03. The number of esters is 1. The Kier molecular flexibility index (Phi) is 6.37. The molecule has 0 bridgehead atoms. The highest BCUT2D eigenvalue weighted by atomic mass is 16.5. The van der Waals surface area contributed by atoms with Crippen molar-refractivity contribution in [3.63, 3.8) is 0 Å². The largest absolute Gasteiger partial charge is 0.454 e. The van der Waals surface area contributed by atoms with Gasteiger partial charge in [-0.15, -0.1) is 0 Å². The molecule has 3 amide bonds. The highest BCUT2D eigenvalue weighted by molar-refractivity contribution is 5.96. The number of amides is 3. The van der Waals surface area contributed by atoms with Gasteiger partial charge >= 0.3 is 12.0 Å². The average Bonchev–Trinajstić information content (AvgIpc) is 2.44. The molecule has 0 radical (unpaired) electrons. The number of carbonyl (C=O) groups is 3. The van der Waals surface area contributed by atoms with Gasteiger partial charge in [-0.3, -0.25) is 4.79 Å². The fraction of sp³-hybridized carbons (Fsp3) is 0.400. The maximum atomic E-state index is 12.3. The number of nitrogens with zero attached hydrogens (tertiary/aromatic N) is 1. The zero-order valence-corrected chi connectivity index (χ0v) is 12.9. The third-order valence-corrected chi connectivity index (χ3v) is 2.87. The first-order chi connectivity index (χ1) is 10.3. The van der Waals surface area contributed by atoms with Crippen LogP contribution in [0.2, 0.25) is 0 Å². The normalized spacial score (nSPS) is 11.6. The Hall–Kier alpha value is -2.57. The van der Waals surface area contributed by atoms with Crippen LogP contribution < -0.4 is 16.0 Å². The minimum Gasteiger partial charge on any atom is -0.454 e. The van der Waals surface area contributed by atoms with E-state index < -0.39 is 24.6 Å². The molecule has 0 aliphatic heterocycles. The van der Waals surface area contributed by atoms with Gasteiger partial charge in [0.15, 0.2) is 6.61 Å². The Morgan fingerprint density at radius 3 is 2.27 bits per heavy atom. The molecule has 0 saturated heterocycles. The molecule has 1 aromatic rings. The summed E-state index contributed by atoms with van der Waals surface area (Å²) in [6.07, 6.45) is 0. The van der Waals surface area contributed by atoms with E-state index in [1.54, 1.807) is 17.0 Å². The molecule has 0 heterocycles. The van der Waals surface area contributed by atoms with Crippen LogP contribution in [0.1, 0.15) is 20.8 Å². The summed E-state index contributed by atoms with van der Waals surface area (Å²) in [5.41, 5.74) is 5.64. The molecule has 0 aliphatic carbocycles. The van der Waals surface area contributed by atoms with E-state index in [4.69, 9.17) is 10.5 Å². The number of benzene rings is 1. The SMILES string of the molecule is CC(NC(N)=O)C(=O)OCC(=O)N(c1ccccc1)C(C)C. The summed E-state index contributed by atoms with van der Waals surface area (Å²) in [7, 11) is 0. The Morgan fingerprint density at radius 2 is 1.77 bits per heavy atom. The molecule has 3 N–H and O–H groups in total. The lowest BCUT2D eigenvalue weighted by atomic mass is 10.2. The number of carbonyl (C=O) groups excluding carboxylic acids is 3. The van der Waals surface area contributed by atoms with E-state index in [1.165, 1.54) is 6.92 Å². The highest BCUT2D eigenvalue weighted by Gasteiger charge is 2.22. The van der Waals surface area contributed by atoms with E-state index in [0.29, 0.717) is 0 Å². The first kappa shape index (κ1) is 17.5. The van der Waals surface area contributed by atoms with Crippen LogP contribution >= 0.6 is 0 Å². The monoisotopic (exact) mass is 307 g/mol. The van der Waals surface area contributed by atoms with Crippen molar-refractivity contribution in [1.82, 2.24) is 5.32 Å². The average molecular weight is 307 g/mol. The fourth-order valence-electron chi connectivity index (χ4n) is 1.92. The van der Waals surface area contributed by atoms with E-state index in [9.17, 15) is 14.4 Å². The van der Waals surface area contributed by atoms with Gasteiger partial charge in [-0.25, -0.2) is 9.59 Å². The third-order valence-electron chi connectivity index (χ3n) is 2.87. The second-order valence-corrected chi connectivity index (χ2v) is 5.03. The number of anilines is 1. The van der Waals surface area contributed by atoms with Crippen molar-refractivity contribution >= 4 is 23.6 Å². The van der Waals surface area contributed by atoms with Gasteiger partial charge in [0.2, 0.25) is 0 Å². The minimum atomic E-state index is -0.908. The van der Waals surface area contributed by atoms with Crippen molar-refractivity contribution < 1.29 is 19.1 Å². The van der Waals surface area contributed by atoms with E-state index in [2.05, 4.69) is 5.32 Å². The summed E-state index contributed by atoms with van der Waals surface area (Å²) in [5, 5.41) is 2.19. The zero-order chi connectivity index (χ0) is 16.7. The molecule has 7 heteroatoms. The smallest absolute Gasteiger partial charge is 0.328 e. The van der Waals surface area contributed by atoms with Gasteiger partial charge < -0.3 is 20.7 Å². The number of hydrogen-bond acceptors (Lipinski definition) is 4. The van der Waals surface area contributed by atoms with Crippen molar-refractivity contribution in [3.8, 4) is 0 Å². The van der Waals surface area contributed by atoms with Crippen LogP contribution in [0.4, 0.5) is 10.5 Å². The lowest BCUT2D eigenvalue weighted by Crippen LogP contribution is -2.44. The predicted octanol–water partition coefficient (Wildman–Crippen LogP) is 1.03. The quantitative estimate of drug-likeness (QED) is 0.766. The molecular formula is C15H21N3O4. The number of para-hydroxylation sites is 1. The summed E-state index contributed by atoms with van der Waals surface area (Å²) in [6, 6.07) is 7.27. The van der Waals surface area contributed by atoms with Gasteiger partial charge in [0.1, 0.15) is 6.04 Å². The van der Waals surface area contributed by atoms with Crippen LogP contribution in [0.3, 0.4) is 0 Å². The third kappa shape index (κ3) is 5.08. The summed E-state index contributed by atoms with van der Waals surface area (Å²) >= 11 is 0. The van der Waals surface area contributed by atoms with Crippen LogP contribution in [0, 0.1) is 0 Å². The highest BCUT2D eigenvalue weighted by Crippen LogP contribution is 2.16. The Labute approximate surface area is 129 Å². The molecular weight excluding hydrogens is 286 g/mol. The predicted molar refractivity (Wildman–Crippen MR) is 82.2 cm³/mol. The minimum absolute atomic E-state index is 0.0882. The standard InChI is InChI=1S/C15H21N3O4/c1-10(2)18(12-7-5-4-6-8-12)13(19)9-22-14(20)11(3)17-15(16)21/h4-8,10-11H,9H2,1-3H3,(H3,16,17,21). The molecule has 1 atom stereocenters. The topological polar surface area (TPSA) is 102 Å². The first-order valence-electron chi connectivity index (χ1n) is 6.92. The van der Waals surface area contributed by atoms with Gasteiger partial charge in [0.05, 0.1) is 0 Å². The summed E-state index contributed by atoms with van der Waals surface area (Å²) < 4.78 is 4.92. The Balaban J connectivity index is 2.66. The van der Waals surface area contributed by atoms with Crippen LogP contribution in [-0.4, -0.2) is 36.6 Å². The molecule has 0 spiro atoms. The first-order valence-corrected chi connectivity index (χ1v) is 6.92. The van der Waals surface area contributed by atoms with Crippen LogP contribution in [0.5, 0.6) is 0 Å². The van der Waals surface area contributed by atoms with Crippen LogP contribution in [-0.2, 0) is 14.3 Å². The molecule has 7 nitrogen and oxygen atoms in total. The van der Waals surface area contributed by atoms with Crippen molar-refractivity contribution in [3.05, 3.63) is 30.3 Å². The molecule has 0 saturated carbocycles. The van der Waals surface area contributed by atoms with Crippen LogP contribution in [0.25, 0.3) is 0 Å². The molecule has 0 fully saturated rings. The summed E-state index contributed by atoms with van der Waals surface area (Å²) in [6.45, 7) is 4.75. The van der Waals surface area contributed by atoms with Crippen molar-refractivity contribution in [2.75, 3.05) is 11.5 Å². The number of primary amides is 1. The molecule has 1 rings (SSSR count). The van der Waals surface area contributed by atoms with Crippen molar-refractivity contribution in [2.45, 2.75) is 32.9 Å². The lowest BCUT2D eigenvalue weighted by molar-refractivity contribution is -0.149. The van der Waals surface area contributed by atoms with E-state index >= 15 is 0 Å². The molecule has 22 heavy (non-hydrogen) atoms. The van der Waals surface area contributed by atoms with E-state index in [0.717, 1.165) is 5.69 Å². The molecule has 0 aromatic heterocycles. The van der Waals surface area contributed by atoms with Gasteiger partial charge in [-0.1, -0.05) is 18.2 Å². The number of ether oxygens (including phenoxy) is 1. The zero-order valence-electron chi connectivity index (χ0n) is 12.9. The summed E-state index contributed by atoms with van der Waals surface area (Å²) in [5.74, 6) is -1.07. The van der Waals surface area contributed by atoms with E-state index in [1.807, 2.05) is 32.0 Å². The maximum absolute atomic E-state index is 12.3. The molecule has 120 valence electrons. The number of urea groups is 1. The van der Waals surface area contributed by atoms with E-state index in [-0.39, 0.29) is 11.9 Å². The lowest BCUT2D eigenvalue weighted by Gasteiger charge is -2.26. The van der Waals surface area contributed by atoms with Crippen LogP contribution in [0.15, 0.2) is 30.3 Å². The number of nitrogens with two attached hydrogens (primary N) is 1. The van der Waals surface area contributed by atoms with Gasteiger partial charge in [0.25, 0.3) is 5.91 Å². The summed E-state index contributed by atoms with van der Waals surface area (Å²) in [4.78, 5) is 36.1. The fourth-order valence-corrected chi connectivity index (χ4v) is 1.92. The number of rotatable bonds is 6. The molecule has 1 aromatic carbocycles. The van der Waals surface area contributed by atoms with Gasteiger partial charge in [-0.05, 0) is 32.9 Å². The van der Waals surface area contributed by atoms with Crippen molar-refractivity contribution in [1.29, 1.82) is 0 Å². The van der Waals surface area contributed by atoms with Gasteiger partial charge in [-0.2, -0.15) is 0 Å². The maximum Gasteiger partial charge on any atom is 0.328 e. The molecule has 1 unspecified atom stereocenters. The van der Waals surface area contributed by atoms with Gasteiger partial charge in [0, 0.05) is 11.7 Å². The Morgan fingerprint density at radius 1 is 1.18 bits per heavy atom. The Bertz CT molecular complexity index is 531. The molecule has 0 aliphatic rings. The number of nitrogens with one attached hydrogen (secondary N) is 1. The second kappa shape index (κ2) is 8.02. The number of hydrogen-bond donors (Lipinski definition) is 2.